The highest BCUT2D eigenvalue weighted by molar-refractivity contribution is 6.30. The van der Waals surface area contributed by atoms with Crippen molar-refractivity contribution in [1.82, 2.24) is 0 Å². The molecule has 18 heavy (non-hydrogen) atoms. The minimum absolute atomic E-state index is 0.152. The van der Waals surface area contributed by atoms with E-state index in [0.29, 0.717) is 11.4 Å². The van der Waals surface area contributed by atoms with Crippen molar-refractivity contribution in [2.24, 2.45) is 0 Å². The van der Waals surface area contributed by atoms with E-state index in [1.165, 1.54) is 0 Å². The third-order valence-electron chi connectivity index (χ3n) is 2.71. The van der Waals surface area contributed by atoms with Gasteiger partial charge in [0.15, 0.2) is 0 Å². The number of carboxylic acids is 1. The van der Waals surface area contributed by atoms with Crippen LogP contribution in [0.3, 0.4) is 0 Å². The summed E-state index contributed by atoms with van der Waals surface area (Å²) in [7, 11) is 0. The van der Waals surface area contributed by atoms with E-state index in [4.69, 9.17) is 16.7 Å². The van der Waals surface area contributed by atoms with Crippen LogP contribution in [-0.2, 0) is 11.2 Å². The zero-order chi connectivity index (χ0) is 13.0. The first-order valence-electron chi connectivity index (χ1n) is 5.72. The number of halogens is 1. The van der Waals surface area contributed by atoms with E-state index >= 15 is 0 Å². The average molecular weight is 261 g/mol. The fourth-order valence-electron chi connectivity index (χ4n) is 1.83. The summed E-state index contributed by atoms with van der Waals surface area (Å²) in [5, 5.41) is 9.38. The number of aliphatic carboxylic acids is 1. The molecule has 0 aromatic heterocycles. The SMILES string of the molecule is O=C(O)CCc1cccc(-c2cccc(Cl)c2)c1. The predicted molar refractivity (Wildman–Crippen MR) is 72.8 cm³/mol. The molecule has 2 rings (SSSR count). The molecule has 0 bridgehead atoms. The van der Waals surface area contributed by atoms with E-state index in [0.717, 1.165) is 16.7 Å². The van der Waals surface area contributed by atoms with Gasteiger partial charge in [-0.2, -0.15) is 0 Å². The van der Waals surface area contributed by atoms with Gasteiger partial charge >= 0.3 is 5.97 Å². The predicted octanol–water partition coefficient (Wildman–Crippen LogP) is 4.02. The number of rotatable bonds is 4. The van der Waals surface area contributed by atoms with Crippen molar-refractivity contribution in [3.05, 3.63) is 59.1 Å². The van der Waals surface area contributed by atoms with Crippen LogP contribution < -0.4 is 0 Å². The molecular weight excluding hydrogens is 248 g/mol. The Morgan fingerprint density at radius 3 is 2.39 bits per heavy atom. The normalized spacial score (nSPS) is 10.3. The highest BCUT2D eigenvalue weighted by atomic mass is 35.5. The van der Waals surface area contributed by atoms with Gasteiger partial charge in [0.2, 0.25) is 0 Å². The van der Waals surface area contributed by atoms with Crippen LogP contribution in [0.1, 0.15) is 12.0 Å². The minimum atomic E-state index is -0.775. The lowest BCUT2D eigenvalue weighted by molar-refractivity contribution is -0.136. The van der Waals surface area contributed by atoms with E-state index in [-0.39, 0.29) is 6.42 Å². The first-order valence-corrected chi connectivity index (χ1v) is 6.09. The number of carboxylic acid groups (broad SMARTS) is 1. The zero-order valence-corrected chi connectivity index (χ0v) is 10.5. The number of hydrogen-bond acceptors (Lipinski definition) is 1. The molecule has 3 heteroatoms. The highest BCUT2D eigenvalue weighted by Gasteiger charge is 2.02. The number of aryl methyl sites for hydroxylation is 1. The fourth-order valence-corrected chi connectivity index (χ4v) is 2.02. The van der Waals surface area contributed by atoms with Gasteiger partial charge < -0.3 is 5.11 Å². The smallest absolute Gasteiger partial charge is 0.303 e. The number of hydrogen-bond donors (Lipinski definition) is 1. The lowest BCUT2D eigenvalue weighted by Gasteiger charge is -2.05. The second-order valence-electron chi connectivity index (χ2n) is 4.10. The molecule has 0 radical (unpaired) electrons. The van der Waals surface area contributed by atoms with Crippen molar-refractivity contribution < 1.29 is 9.90 Å². The molecular formula is C15H13ClO2. The quantitative estimate of drug-likeness (QED) is 0.901. The minimum Gasteiger partial charge on any atom is -0.481 e. The summed E-state index contributed by atoms with van der Waals surface area (Å²) >= 11 is 5.96. The molecule has 0 fully saturated rings. The van der Waals surface area contributed by atoms with E-state index in [2.05, 4.69) is 0 Å². The molecule has 0 atom stereocenters. The van der Waals surface area contributed by atoms with Crippen LogP contribution in [0.15, 0.2) is 48.5 Å². The summed E-state index contributed by atoms with van der Waals surface area (Å²) in [6, 6.07) is 15.5. The van der Waals surface area contributed by atoms with Crippen molar-refractivity contribution in [2.45, 2.75) is 12.8 Å². The van der Waals surface area contributed by atoms with Gasteiger partial charge in [-0.05, 0) is 35.2 Å². The Labute approximate surface area is 111 Å². The molecule has 0 amide bonds. The van der Waals surface area contributed by atoms with Gasteiger partial charge in [0.1, 0.15) is 0 Å². The van der Waals surface area contributed by atoms with Crippen molar-refractivity contribution in [3.8, 4) is 11.1 Å². The molecule has 92 valence electrons. The Balaban J connectivity index is 2.24. The summed E-state index contributed by atoms with van der Waals surface area (Å²) in [6.07, 6.45) is 0.697. The molecule has 0 aliphatic rings. The largest absolute Gasteiger partial charge is 0.481 e. The van der Waals surface area contributed by atoms with Gasteiger partial charge in [-0.15, -0.1) is 0 Å². The molecule has 0 aliphatic carbocycles. The highest BCUT2D eigenvalue weighted by Crippen LogP contribution is 2.23. The van der Waals surface area contributed by atoms with Crippen LogP contribution in [-0.4, -0.2) is 11.1 Å². The summed E-state index contributed by atoms with van der Waals surface area (Å²) in [6.45, 7) is 0. The van der Waals surface area contributed by atoms with Gasteiger partial charge in [-0.3, -0.25) is 4.79 Å². The molecule has 0 unspecified atom stereocenters. The molecule has 2 nitrogen and oxygen atoms in total. The van der Waals surface area contributed by atoms with E-state index < -0.39 is 5.97 Å². The first kappa shape index (κ1) is 12.7. The maximum Gasteiger partial charge on any atom is 0.303 e. The van der Waals surface area contributed by atoms with Gasteiger partial charge in [0, 0.05) is 11.4 Å². The number of carbonyl (C=O) groups is 1. The van der Waals surface area contributed by atoms with Crippen LogP contribution >= 0.6 is 11.6 Å². The second-order valence-corrected chi connectivity index (χ2v) is 4.54. The molecule has 0 saturated carbocycles. The Hall–Kier alpha value is -1.80. The fraction of sp³-hybridized carbons (Fsp3) is 0.133. The molecule has 2 aromatic rings. The summed E-state index contributed by atoms with van der Waals surface area (Å²) in [5.74, 6) is -0.775. The molecule has 0 saturated heterocycles. The Bertz CT molecular complexity index is 564. The van der Waals surface area contributed by atoms with Crippen LogP contribution in [0.4, 0.5) is 0 Å². The van der Waals surface area contributed by atoms with Gasteiger partial charge in [-0.25, -0.2) is 0 Å². The standard InChI is InChI=1S/C15H13ClO2/c16-14-6-2-5-13(10-14)12-4-1-3-11(9-12)7-8-15(17)18/h1-6,9-10H,7-8H2,(H,17,18). The van der Waals surface area contributed by atoms with Gasteiger partial charge in [0.25, 0.3) is 0 Å². The number of benzene rings is 2. The van der Waals surface area contributed by atoms with Crippen LogP contribution in [0.5, 0.6) is 0 Å². The first-order chi connectivity index (χ1) is 8.65. The third-order valence-corrected chi connectivity index (χ3v) is 2.95. The Morgan fingerprint density at radius 1 is 1.06 bits per heavy atom. The maximum atomic E-state index is 10.6. The van der Waals surface area contributed by atoms with Crippen molar-refractivity contribution in [3.63, 3.8) is 0 Å². The Kier molecular flexibility index (Phi) is 4.00. The Morgan fingerprint density at radius 2 is 1.72 bits per heavy atom. The molecule has 0 heterocycles. The lowest BCUT2D eigenvalue weighted by atomic mass is 10.0. The summed E-state index contributed by atoms with van der Waals surface area (Å²) in [4.78, 5) is 10.6. The van der Waals surface area contributed by atoms with Crippen molar-refractivity contribution in [2.75, 3.05) is 0 Å². The lowest BCUT2D eigenvalue weighted by Crippen LogP contribution is -1.97. The van der Waals surface area contributed by atoms with E-state index in [9.17, 15) is 4.79 Å². The van der Waals surface area contributed by atoms with Crippen molar-refractivity contribution in [1.29, 1.82) is 0 Å². The monoisotopic (exact) mass is 260 g/mol. The molecule has 1 N–H and O–H groups in total. The zero-order valence-electron chi connectivity index (χ0n) is 9.77. The van der Waals surface area contributed by atoms with Gasteiger partial charge in [0.05, 0.1) is 0 Å². The van der Waals surface area contributed by atoms with E-state index in [1.807, 2.05) is 48.5 Å². The molecule has 0 aliphatic heterocycles. The maximum absolute atomic E-state index is 10.6. The van der Waals surface area contributed by atoms with E-state index in [1.54, 1.807) is 0 Å². The van der Waals surface area contributed by atoms with Crippen molar-refractivity contribution >= 4 is 17.6 Å². The topological polar surface area (TPSA) is 37.3 Å². The summed E-state index contributed by atoms with van der Waals surface area (Å²) < 4.78 is 0. The summed E-state index contributed by atoms with van der Waals surface area (Å²) in [5.41, 5.74) is 3.12. The second kappa shape index (κ2) is 5.69. The van der Waals surface area contributed by atoms with Gasteiger partial charge in [-0.1, -0.05) is 48.0 Å². The van der Waals surface area contributed by atoms with Crippen LogP contribution in [0.2, 0.25) is 5.02 Å². The average Bonchev–Trinajstić information content (AvgIpc) is 2.37. The van der Waals surface area contributed by atoms with Crippen LogP contribution in [0, 0.1) is 0 Å². The molecule has 0 spiro atoms. The molecule has 2 aromatic carbocycles. The van der Waals surface area contributed by atoms with Crippen LogP contribution in [0.25, 0.3) is 11.1 Å². The third kappa shape index (κ3) is 3.34.